The highest BCUT2D eigenvalue weighted by molar-refractivity contribution is 5.72. The molecule has 0 saturated carbocycles. The lowest BCUT2D eigenvalue weighted by Crippen LogP contribution is -2.32. The van der Waals surface area contributed by atoms with E-state index in [1.165, 1.54) is 6.42 Å². The summed E-state index contributed by atoms with van der Waals surface area (Å²) in [5.41, 5.74) is 0.641. The van der Waals surface area contributed by atoms with Crippen LogP contribution in [-0.2, 0) is 13.6 Å². The predicted molar refractivity (Wildman–Crippen MR) is 63.8 cm³/mol. The van der Waals surface area contributed by atoms with Crippen LogP contribution in [0.3, 0.4) is 0 Å². The van der Waals surface area contributed by atoms with E-state index in [0.29, 0.717) is 23.6 Å². The average Bonchev–Trinajstić information content (AvgIpc) is 2.93. The Morgan fingerprint density at radius 2 is 2.47 bits per heavy atom. The zero-order valence-electron chi connectivity index (χ0n) is 9.76. The second-order valence-electron chi connectivity index (χ2n) is 4.50. The first-order valence-corrected chi connectivity index (χ1v) is 5.86. The molecule has 3 rings (SSSR count). The maximum Gasteiger partial charge on any atom is 0.264 e. The van der Waals surface area contributed by atoms with Gasteiger partial charge in [-0.2, -0.15) is 5.10 Å². The van der Waals surface area contributed by atoms with E-state index in [1.54, 1.807) is 28.8 Å². The van der Waals surface area contributed by atoms with Crippen molar-refractivity contribution in [1.82, 2.24) is 24.6 Å². The standard InChI is InChI=1S/C11H15N5O/c1-15-10-9(5-14-15)11(17)16(7-13-10)6-8-3-2-4-12-8/h5,7-8,12H,2-4,6H2,1H3. The maximum absolute atomic E-state index is 12.2. The van der Waals surface area contributed by atoms with Gasteiger partial charge in [-0.25, -0.2) is 4.98 Å². The fraction of sp³-hybridized carbons (Fsp3) is 0.545. The van der Waals surface area contributed by atoms with Gasteiger partial charge in [0.15, 0.2) is 5.65 Å². The molecule has 0 aliphatic carbocycles. The van der Waals surface area contributed by atoms with E-state index in [4.69, 9.17) is 0 Å². The highest BCUT2D eigenvalue weighted by atomic mass is 16.1. The molecule has 1 N–H and O–H groups in total. The molecule has 90 valence electrons. The molecule has 2 aromatic heterocycles. The van der Waals surface area contributed by atoms with Crippen LogP contribution in [0.2, 0.25) is 0 Å². The average molecular weight is 233 g/mol. The SMILES string of the molecule is Cn1ncc2c(=O)n(CC3CCCN3)cnc21. The minimum Gasteiger partial charge on any atom is -0.312 e. The molecule has 1 aliphatic rings. The van der Waals surface area contributed by atoms with Crippen LogP contribution < -0.4 is 10.9 Å². The van der Waals surface area contributed by atoms with Crippen molar-refractivity contribution in [2.24, 2.45) is 7.05 Å². The van der Waals surface area contributed by atoms with Gasteiger partial charge in [-0.1, -0.05) is 0 Å². The van der Waals surface area contributed by atoms with Gasteiger partial charge in [-0.3, -0.25) is 14.0 Å². The normalized spacial score (nSPS) is 20.2. The van der Waals surface area contributed by atoms with Crippen LogP contribution in [0.1, 0.15) is 12.8 Å². The molecule has 1 aliphatic heterocycles. The summed E-state index contributed by atoms with van der Waals surface area (Å²) in [6.07, 6.45) is 5.51. The third-order valence-corrected chi connectivity index (χ3v) is 3.30. The number of nitrogens with one attached hydrogen (secondary N) is 1. The number of aromatic nitrogens is 4. The van der Waals surface area contributed by atoms with Crippen molar-refractivity contribution in [2.75, 3.05) is 6.54 Å². The third-order valence-electron chi connectivity index (χ3n) is 3.30. The van der Waals surface area contributed by atoms with Crippen molar-refractivity contribution in [3.63, 3.8) is 0 Å². The van der Waals surface area contributed by atoms with Gasteiger partial charge in [0.2, 0.25) is 0 Å². The van der Waals surface area contributed by atoms with Crippen molar-refractivity contribution in [1.29, 1.82) is 0 Å². The second kappa shape index (κ2) is 3.96. The molecule has 6 nitrogen and oxygen atoms in total. The smallest absolute Gasteiger partial charge is 0.264 e. The van der Waals surface area contributed by atoms with Crippen LogP contribution in [0.25, 0.3) is 11.0 Å². The van der Waals surface area contributed by atoms with E-state index in [2.05, 4.69) is 15.4 Å². The summed E-state index contributed by atoms with van der Waals surface area (Å²) in [6.45, 7) is 1.73. The first-order valence-electron chi connectivity index (χ1n) is 5.86. The Morgan fingerprint density at radius 3 is 3.24 bits per heavy atom. The lowest BCUT2D eigenvalue weighted by molar-refractivity contribution is 0.497. The molecule has 0 amide bonds. The van der Waals surface area contributed by atoms with Gasteiger partial charge < -0.3 is 5.32 Å². The highest BCUT2D eigenvalue weighted by Crippen LogP contribution is 2.08. The molecule has 1 fully saturated rings. The second-order valence-corrected chi connectivity index (χ2v) is 4.50. The molecule has 2 aromatic rings. The zero-order chi connectivity index (χ0) is 11.8. The van der Waals surface area contributed by atoms with Crippen LogP contribution in [0.4, 0.5) is 0 Å². The quantitative estimate of drug-likeness (QED) is 0.785. The summed E-state index contributed by atoms with van der Waals surface area (Å²) in [5.74, 6) is 0. The highest BCUT2D eigenvalue weighted by Gasteiger charge is 2.16. The maximum atomic E-state index is 12.2. The lowest BCUT2D eigenvalue weighted by Gasteiger charge is -2.11. The molecule has 0 spiro atoms. The Bertz CT molecular complexity index is 593. The van der Waals surface area contributed by atoms with Crippen molar-refractivity contribution < 1.29 is 0 Å². The van der Waals surface area contributed by atoms with Crippen molar-refractivity contribution in [2.45, 2.75) is 25.4 Å². The van der Waals surface area contributed by atoms with E-state index in [-0.39, 0.29) is 5.56 Å². The van der Waals surface area contributed by atoms with Gasteiger partial charge in [0.1, 0.15) is 11.7 Å². The van der Waals surface area contributed by atoms with E-state index < -0.39 is 0 Å². The number of nitrogens with zero attached hydrogens (tertiary/aromatic N) is 4. The Hall–Kier alpha value is -1.69. The van der Waals surface area contributed by atoms with E-state index in [0.717, 1.165) is 13.0 Å². The molecular formula is C11H15N5O. The number of rotatable bonds is 2. The molecular weight excluding hydrogens is 218 g/mol. The van der Waals surface area contributed by atoms with E-state index in [9.17, 15) is 4.79 Å². The van der Waals surface area contributed by atoms with Gasteiger partial charge in [0, 0.05) is 19.6 Å². The summed E-state index contributed by atoms with van der Waals surface area (Å²) in [4.78, 5) is 16.5. The fourth-order valence-electron chi connectivity index (χ4n) is 2.35. The van der Waals surface area contributed by atoms with Crippen molar-refractivity contribution in [3.05, 3.63) is 22.9 Å². The van der Waals surface area contributed by atoms with Gasteiger partial charge in [-0.15, -0.1) is 0 Å². The Labute approximate surface area is 98.3 Å². The monoisotopic (exact) mass is 233 g/mol. The Balaban J connectivity index is 1.99. The lowest BCUT2D eigenvalue weighted by atomic mass is 10.2. The molecule has 1 atom stereocenters. The molecule has 1 unspecified atom stereocenters. The van der Waals surface area contributed by atoms with Gasteiger partial charge in [0.25, 0.3) is 5.56 Å². The fourth-order valence-corrected chi connectivity index (χ4v) is 2.35. The Morgan fingerprint density at radius 1 is 1.59 bits per heavy atom. The molecule has 0 bridgehead atoms. The van der Waals surface area contributed by atoms with Gasteiger partial charge >= 0.3 is 0 Å². The molecule has 0 radical (unpaired) electrons. The first-order chi connectivity index (χ1) is 8.25. The summed E-state index contributed by atoms with van der Waals surface area (Å²) in [7, 11) is 1.79. The molecule has 0 aromatic carbocycles. The first kappa shape index (κ1) is 10.5. The van der Waals surface area contributed by atoms with Gasteiger partial charge in [-0.05, 0) is 19.4 Å². The summed E-state index contributed by atoms with van der Waals surface area (Å²) in [5, 5.41) is 8.02. The topological polar surface area (TPSA) is 64.7 Å². The predicted octanol–water partition coefficient (Wildman–Crippen LogP) is -0.118. The van der Waals surface area contributed by atoms with E-state index in [1.807, 2.05) is 0 Å². The van der Waals surface area contributed by atoms with Crippen LogP contribution in [0, 0.1) is 0 Å². The molecule has 1 saturated heterocycles. The largest absolute Gasteiger partial charge is 0.312 e. The van der Waals surface area contributed by atoms with Gasteiger partial charge in [0.05, 0.1) is 6.20 Å². The van der Waals surface area contributed by atoms with Crippen LogP contribution >= 0.6 is 0 Å². The minimum absolute atomic E-state index is 0.00296. The molecule has 3 heterocycles. The van der Waals surface area contributed by atoms with Crippen LogP contribution in [0.15, 0.2) is 17.3 Å². The number of fused-ring (bicyclic) bond motifs is 1. The zero-order valence-corrected chi connectivity index (χ0v) is 9.76. The number of hydrogen-bond donors (Lipinski definition) is 1. The van der Waals surface area contributed by atoms with Crippen LogP contribution in [-0.4, -0.2) is 31.9 Å². The minimum atomic E-state index is -0.00296. The Kier molecular flexibility index (Phi) is 2.44. The number of hydrogen-bond acceptors (Lipinski definition) is 4. The summed E-state index contributed by atoms with van der Waals surface area (Å²) in [6, 6.07) is 0.392. The number of aryl methyl sites for hydroxylation is 1. The third kappa shape index (κ3) is 1.74. The molecule has 17 heavy (non-hydrogen) atoms. The summed E-state index contributed by atoms with van der Waals surface area (Å²) >= 11 is 0. The van der Waals surface area contributed by atoms with Crippen molar-refractivity contribution >= 4 is 11.0 Å². The summed E-state index contributed by atoms with van der Waals surface area (Å²) < 4.78 is 3.29. The van der Waals surface area contributed by atoms with Crippen molar-refractivity contribution in [3.8, 4) is 0 Å². The van der Waals surface area contributed by atoms with E-state index >= 15 is 0 Å². The van der Waals surface area contributed by atoms with Crippen LogP contribution in [0.5, 0.6) is 0 Å². The molecule has 6 heteroatoms.